The Kier molecular flexibility index (Phi) is 5.62. The maximum absolute atomic E-state index is 11.4. The lowest BCUT2D eigenvalue weighted by Gasteiger charge is -2.09. The molecule has 0 aliphatic rings. The van der Waals surface area contributed by atoms with E-state index in [1.54, 1.807) is 13.1 Å². The number of aromatic amines is 1. The topological polar surface area (TPSA) is 105 Å². The molecular formula is C18H22N6O2. The molecule has 0 saturated carbocycles. The number of rotatable bonds is 8. The van der Waals surface area contributed by atoms with E-state index in [0.29, 0.717) is 23.9 Å². The van der Waals surface area contributed by atoms with Crippen LogP contribution in [0.15, 0.2) is 30.6 Å². The number of carbonyl (C=O) groups excluding carboxylic acids is 1. The Morgan fingerprint density at radius 1 is 1.27 bits per heavy atom. The average Bonchev–Trinajstić information content (AvgIpc) is 3.08. The first-order valence-electron chi connectivity index (χ1n) is 8.59. The van der Waals surface area contributed by atoms with Gasteiger partial charge in [0, 0.05) is 24.6 Å². The number of nitrogens with one attached hydrogen (secondary N) is 3. The number of fused-ring (bicyclic) bond motifs is 1. The van der Waals surface area contributed by atoms with Crippen LogP contribution in [0.25, 0.3) is 10.9 Å². The van der Waals surface area contributed by atoms with Crippen LogP contribution in [0.2, 0.25) is 0 Å². The molecule has 1 amide bonds. The Hall–Kier alpha value is -3.16. The smallest absolute Gasteiger partial charge is 0.225 e. The Balaban J connectivity index is 1.76. The summed E-state index contributed by atoms with van der Waals surface area (Å²) >= 11 is 0. The summed E-state index contributed by atoms with van der Waals surface area (Å²) < 4.78 is 5.73. The highest BCUT2D eigenvalue weighted by Crippen LogP contribution is 2.26. The van der Waals surface area contributed by atoms with Gasteiger partial charge < -0.3 is 15.4 Å². The monoisotopic (exact) mass is 354 g/mol. The number of anilines is 2. The van der Waals surface area contributed by atoms with Crippen molar-refractivity contribution < 1.29 is 9.53 Å². The van der Waals surface area contributed by atoms with Crippen molar-refractivity contribution in [3.63, 3.8) is 0 Å². The van der Waals surface area contributed by atoms with E-state index >= 15 is 0 Å². The largest absolute Gasteiger partial charge is 0.494 e. The highest BCUT2D eigenvalue weighted by molar-refractivity contribution is 5.91. The number of amides is 1. The quantitative estimate of drug-likeness (QED) is 0.537. The third-order valence-corrected chi connectivity index (χ3v) is 3.88. The zero-order chi connectivity index (χ0) is 18.4. The molecule has 26 heavy (non-hydrogen) atoms. The fourth-order valence-electron chi connectivity index (χ4n) is 2.46. The number of benzene rings is 1. The molecule has 0 aliphatic carbocycles. The van der Waals surface area contributed by atoms with E-state index in [1.807, 2.05) is 18.2 Å². The summed E-state index contributed by atoms with van der Waals surface area (Å²) in [7, 11) is 1.60. The lowest BCUT2D eigenvalue weighted by Crippen LogP contribution is -2.20. The zero-order valence-electron chi connectivity index (χ0n) is 14.9. The van der Waals surface area contributed by atoms with Gasteiger partial charge in [0.15, 0.2) is 0 Å². The van der Waals surface area contributed by atoms with Crippen LogP contribution in [0, 0.1) is 0 Å². The minimum Gasteiger partial charge on any atom is -0.494 e. The normalized spacial score (nSPS) is 10.7. The highest BCUT2D eigenvalue weighted by Gasteiger charge is 2.09. The lowest BCUT2D eigenvalue weighted by atomic mass is 10.2. The van der Waals surface area contributed by atoms with Crippen molar-refractivity contribution in [2.75, 3.05) is 19.0 Å². The van der Waals surface area contributed by atoms with Crippen LogP contribution >= 0.6 is 0 Å². The van der Waals surface area contributed by atoms with Gasteiger partial charge in [0.25, 0.3) is 0 Å². The molecule has 0 fully saturated rings. The zero-order valence-corrected chi connectivity index (χ0v) is 14.9. The lowest BCUT2D eigenvalue weighted by molar-refractivity contribution is -0.120. The molecule has 2 aromatic heterocycles. The molecule has 3 N–H and O–H groups in total. The highest BCUT2D eigenvalue weighted by atomic mass is 16.5. The summed E-state index contributed by atoms with van der Waals surface area (Å²) in [5.74, 6) is 2.02. The maximum Gasteiger partial charge on any atom is 0.225 e. The van der Waals surface area contributed by atoms with Gasteiger partial charge in [-0.25, -0.2) is 9.97 Å². The second-order valence-corrected chi connectivity index (χ2v) is 5.85. The van der Waals surface area contributed by atoms with Gasteiger partial charge in [-0.3, -0.25) is 9.89 Å². The number of unbranched alkanes of at least 4 members (excludes halogenated alkanes) is 1. The molecule has 3 rings (SSSR count). The fraction of sp³-hybridized carbons (Fsp3) is 0.333. The second kappa shape index (κ2) is 8.28. The summed E-state index contributed by atoms with van der Waals surface area (Å²) in [6, 6.07) is 7.53. The molecule has 8 nitrogen and oxygen atoms in total. The first-order chi connectivity index (χ1) is 12.7. The van der Waals surface area contributed by atoms with E-state index in [4.69, 9.17) is 4.74 Å². The molecule has 0 aliphatic heterocycles. The summed E-state index contributed by atoms with van der Waals surface area (Å²) in [5.41, 5.74) is 1.44. The predicted molar refractivity (Wildman–Crippen MR) is 99.6 cm³/mol. The van der Waals surface area contributed by atoms with Crippen LogP contribution < -0.4 is 15.4 Å². The molecule has 0 unspecified atom stereocenters. The van der Waals surface area contributed by atoms with Crippen LogP contribution in [0.1, 0.15) is 25.5 Å². The number of hydrogen-bond acceptors (Lipinski definition) is 6. The van der Waals surface area contributed by atoms with Crippen molar-refractivity contribution in [2.45, 2.75) is 26.2 Å². The van der Waals surface area contributed by atoms with E-state index in [-0.39, 0.29) is 12.3 Å². The van der Waals surface area contributed by atoms with Crippen molar-refractivity contribution in [1.82, 2.24) is 25.5 Å². The van der Waals surface area contributed by atoms with E-state index in [1.165, 1.54) is 6.33 Å². The van der Waals surface area contributed by atoms with Crippen LogP contribution in [0.5, 0.6) is 5.75 Å². The summed E-state index contributed by atoms with van der Waals surface area (Å²) in [5, 5.41) is 13.6. The molecule has 3 aromatic rings. The van der Waals surface area contributed by atoms with Gasteiger partial charge in [-0.15, -0.1) is 0 Å². The molecule has 1 aromatic carbocycles. The summed E-state index contributed by atoms with van der Waals surface area (Å²) in [6.45, 7) is 2.82. The van der Waals surface area contributed by atoms with E-state index < -0.39 is 0 Å². The van der Waals surface area contributed by atoms with Gasteiger partial charge in [-0.1, -0.05) is 13.3 Å². The number of H-pyrrole nitrogens is 1. The third kappa shape index (κ3) is 4.27. The standard InChI is InChI=1S/C18H22N6O2/c1-3-4-7-26-13-5-6-14-15(10-13)20-11-21-18(14)22-16-8-12(23-24-16)9-17(25)19-2/h5-6,8,10-11H,3-4,7,9H2,1-2H3,(H,19,25)(H2,20,21,22,23,24). The van der Waals surface area contributed by atoms with Crippen molar-refractivity contribution in [1.29, 1.82) is 0 Å². The number of nitrogens with zero attached hydrogens (tertiary/aromatic N) is 3. The molecule has 0 bridgehead atoms. The Labute approximate surface area is 151 Å². The molecule has 0 saturated heterocycles. The van der Waals surface area contributed by atoms with Gasteiger partial charge in [0.2, 0.25) is 5.91 Å². The first-order valence-corrected chi connectivity index (χ1v) is 8.59. The Bertz CT molecular complexity index is 892. The Morgan fingerprint density at radius 2 is 2.15 bits per heavy atom. The van der Waals surface area contributed by atoms with E-state index in [0.717, 1.165) is 29.5 Å². The van der Waals surface area contributed by atoms with Crippen LogP contribution in [0.4, 0.5) is 11.6 Å². The minimum atomic E-state index is -0.0915. The SMILES string of the molecule is CCCCOc1ccc2c(Nc3cc(CC(=O)NC)n[nH]3)ncnc2c1. The minimum absolute atomic E-state index is 0.0915. The molecule has 8 heteroatoms. The molecule has 0 radical (unpaired) electrons. The molecule has 136 valence electrons. The van der Waals surface area contributed by atoms with E-state index in [2.05, 4.69) is 37.7 Å². The van der Waals surface area contributed by atoms with Crippen LogP contribution in [0.3, 0.4) is 0 Å². The first kappa shape index (κ1) is 17.7. The molecule has 2 heterocycles. The van der Waals surface area contributed by atoms with Crippen LogP contribution in [-0.4, -0.2) is 39.7 Å². The van der Waals surface area contributed by atoms with Gasteiger partial charge in [0.1, 0.15) is 23.7 Å². The maximum atomic E-state index is 11.4. The van der Waals surface area contributed by atoms with Gasteiger partial charge in [-0.2, -0.15) is 5.10 Å². The number of hydrogen-bond donors (Lipinski definition) is 3. The van der Waals surface area contributed by atoms with Crippen LogP contribution in [-0.2, 0) is 11.2 Å². The van der Waals surface area contributed by atoms with Crippen molar-refractivity contribution in [3.8, 4) is 5.75 Å². The number of carbonyl (C=O) groups is 1. The molecule has 0 spiro atoms. The third-order valence-electron chi connectivity index (χ3n) is 3.88. The molecule has 0 atom stereocenters. The number of ether oxygens (including phenoxy) is 1. The van der Waals surface area contributed by atoms with Crippen molar-refractivity contribution in [3.05, 3.63) is 36.3 Å². The fourth-order valence-corrected chi connectivity index (χ4v) is 2.46. The van der Waals surface area contributed by atoms with Gasteiger partial charge >= 0.3 is 0 Å². The van der Waals surface area contributed by atoms with Crippen molar-refractivity contribution in [2.24, 2.45) is 0 Å². The average molecular weight is 354 g/mol. The van der Waals surface area contributed by atoms with Crippen molar-refractivity contribution >= 4 is 28.4 Å². The van der Waals surface area contributed by atoms with Gasteiger partial charge in [-0.05, 0) is 18.6 Å². The van der Waals surface area contributed by atoms with E-state index in [9.17, 15) is 4.79 Å². The number of aromatic nitrogens is 4. The van der Waals surface area contributed by atoms with Gasteiger partial charge in [0.05, 0.1) is 24.2 Å². The Morgan fingerprint density at radius 3 is 2.96 bits per heavy atom. The number of likely N-dealkylation sites (N-methyl/N-ethyl adjacent to an activating group) is 1. The molecular weight excluding hydrogens is 332 g/mol. The summed E-state index contributed by atoms with van der Waals surface area (Å²) in [6.07, 6.45) is 3.84. The predicted octanol–water partition coefficient (Wildman–Crippen LogP) is 2.56. The summed E-state index contributed by atoms with van der Waals surface area (Å²) in [4.78, 5) is 20.1. The second-order valence-electron chi connectivity index (χ2n) is 5.85.